The Balaban J connectivity index is 2.11. The Labute approximate surface area is 145 Å². The van der Waals surface area contributed by atoms with Crippen LogP contribution in [0.15, 0.2) is 42.5 Å². The molecule has 1 unspecified atom stereocenters. The molecular weight excluding hydrogens is 325 g/mol. The average Bonchev–Trinajstić information content (AvgIpc) is 2.56. The second-order valence-corrected chi connectivity index (χ2v) is 5.78. The van der Waals surface area contributed by atoms with Crippen molar-refractivity contribution < 1.29 is 23.8 Å². The predicted molar refractivity (Wildman–Crippen MR) is 90.5 cm³/mol. The van der Waals surface area contributed by atoms with Gasteiger partial charge in [-0.05, 0) is 35.2 Å². The number of methoxy groups -OCH3 is 1. The van der Waals surface area contributed by atoms with Crippen molar-refractivity contribution in [1.82, 2.24) is 5.32 Å². The first kappa shape index (κ1) is 18.6. The Morgan fingerprint density at radius 2 is 1.92 bits per heavy atom. The van der Waals surface area contributed by atoms with E-state index >= 15 is 0 Å². The van der Waals surface area contributed by atoms with Crippen molar-refractivity contribution in [2.45, 2.75) is 26.0 Å². The fraction of sp³-hybridized carbons (Fsp3) is 0.263. The first-order valence-electron chi connectivity index (χ1n) is 7.75. The molecule has 0 fully saturated rings. The van der Waals surface area contributed by atoms with E-state index in [4.69, 9.17) is 4.74 Å². The first-order valence-corrected chi connectivity index (χ1v) is 7.75. The Bertz CT molecular complexity index is 776. The van der Waals surface area contributed by atoms with Crippen LogP contribution < -0.4 is 5.32 Å². The Morgan fingerprint density at radius 3 is 2.56 bits per heavy atom. The zero-order valence-electron chi connectivity index (χ0n) is 14.1. The van der Waals surface area contributed by atoms with Crippen molar-refractivity contribution >= 4 is 11.9 Å². The lowest BCUT2D eigenvalue weighted by Crippen LogP contribution is -2.34. The number of amides is 1. The standard InChI is InChI=1S/C19H20FNO4/c1-12-8-15(6-7-16(12)20)18(19(23)24)21-17(22)10-13-4-3-5-14(9-13)11-25-2/h3-9,18H,10-11H2,1-2H3,(H,21,22)(H,23,24). The number of benzene rings is 2. The van der Waals surface area contributed by atoms with Crippen molar-refractivity contribution in [2.75, 3.05) is 7.11 Å². The van der Waals surface area contributed by atoms with Crippen LogP contribution in [0.25, 0.3) is 0 Å². The van der Waals surface area contributed by atoms with Crippen LogP contribution >= 0.6 is 0 Å². The topological polar surface area (TPSA) is 75.6 Å². The molecule has 0 aliphatic carbocycles. The second kappa shape index (κ2) is 8.39. The van der Waals surface area contributed by atoms with Crippen molar-refractivity contribution in [3.8, 4) is 0 Å². The van der Waals surface area contributed by atoms with E-state index in [0.29, 0.717) is 17.7 Å². The molecule has 0 spiro atoms. The summed E-state index contributed by atoms with van der Waals surface area (Å²) in [6.07, 6.45) is 0.0432. The molecule has 1 atom stereocenters. The summed E-state index contributed by atoms with van der Waals surface area (Å²) in [6.45, 7) is 1.98. The fourth-order valence-corrected chi connectivity index (χ4v) is 2.53. The first-order chi connectivity index (χ1) is 11.9. The van der Waals surface area contributed by atoms with Gasteiger partial charge in [-0.3, -0.25) is 4.79 Å². The normalized spacial score (nSPS) is 11.8. The molecule has 0 aliphatic rings. The number of aryl methyl sites for hydroxylation is 1. The van der Waals surface area contributed by atoms with E-state index in [1.54, 1.807) is 20.1 Å². The molecule has 0 bridgehead atoms. The summed E-state index contributed by atoms with van der Waals surface area (Å²) in [4.78, 5) is 23.7. The molecule has 25 heavy (non-hydrogen) atoms. The van der Waals surface area contributed by atoms with Crippen LogP contribution in [0.1, 0.15) is 28.3 Å². The molecule has 2 aromatic rings. The molecular formula is C19H20FNO4. The van der Waals surface area contributed by atoms with E-state index < -0.39 is 23.7 Å². The lowest BCUT2D eigenvalue weighted by molar-refractivity contribution is -0.142. The van der Waals surface area contributed by atoms with Crippen LogP contribution in [0, 0.1) is 12.7 Å². The lowest BCUT2D eigenvalue weighted by atomic mass is 10.0. The number of carboxylic acid groups (broad SMARTS) is 1. The second-order valence-electron chi connectivity index (χ2n) is 5.78. The minimum Gasteiger partial charge on any atom is -0.479 e. The summed E-state index contributed by atoms with van der Waals surface area (Å²) in [5.74, 6) is -2.05. The van der Waals surface area contributed by atoms with Gasteiger partial charge < -0.3 is 15.2 Å². The Kier molecular flexibility index (Phi) is 6.25. The molecule has 2 rings (SSSR count). The molecule has 1 amide bonds. The van der Waals surface area contributed by atoms with E-state index in [1.807, 2.05) is 18.2 Å². The van der Waals surface area contributed by atoms with E-state index in [0.717, 1.165) is 11.1 Å². The van der Waals surface area contributed by atoms with Crippen LogP contribution in [0.3, 0.4) is 0 Å². The summed E-state index contributed by atoms with van der Waals surface area (Å²) in [5, 5.41) is 11.9. The van der Waals surface area contributed by atoms with Gasteiger partial charge in [0, 0.05) is 7.11 Å². The van der Waals surface area contributed by atoms with Gasteiger partial charge in [-0.15, -0.1) is 0 Å². The van der Waals surface area contributed by atoms with Gasteiger partial charge in [0.1, 0.15) is 5.82 Å². The van der Waals surface area contributed by atoms with Gasteiger partial charge in [0.05, 0.1) is 13.0 Å². The quantitative estimate of drug-likeness (QED) is 0.809. The highest BCUT2D eigenvalue weighted by atomic mass is 19.1. The number of hydrogen-bond acceptors (Lipinski definition) is 3. The molecule has 6 heteroatoms. The predicted octanol–water partition coefficient (Wildman–Crippen LogP) is 2.77. The van der Waals surface area contributed by atoms with Crippen LogP contribution in [0.5, 0.6) is 0 Å². The number of nitrogens with one attached hydrogen (secondary N) is 1. The summed E-state index contributed by atoms with van der Waals surface area (Å²) in [7, 11) is 1.58. The smallest absolute Gasteiger partial charge is 0.330 e. The summed E-state index contributed by atoms with van der Waals surface area (Å²) < 4.78 is 18.4. The van der Waals surface area contributed by atoms with Crippen LogP contribution in [0.2, 0.25) is 0 Å². The number of carbonyl (C=O) groups is 2. The van der Waals surface area contributed by atoms with Crippen LogP contribution in [-0.2, 0) is 27.4 Å². The van der Waals surface area contributed by atoms with Crippen molar-refractivity contribution in [2.24, 2.45) is 0 Å². The van der Waals surface area contributed by atoms with E-state index in [9.17, 15) is 19.1 Å². The van der Waals surface area contributed by atoms with Gasteiger partial charge in [0.15, 0.2) is 6.04 Å². The zero-order valence-corrected chi connectivity index (χ0v) is 14.1. The van der Waals surface area contributed by atoms with Crippen molar-refractivity contribution in [3.05, 3.63) is 70.5 Å². The van der Waals surface area contributed by atoms with Gasteiger partial charge in [-0.2, -0.15) is 0 Å². The van der Waals surface area contributed by atoms with Gasteiger partial charge in [-0.25, -0.2) is 9.18 Å². The van der Waals surface area contributed by atoms with Gasteiger partial charge >= 0.3 is 5.97 Å². The van der Waals surface area contributed by atoms with Crippen molar-refractivity contribution in [1.29, 1.82) is 0 Å². The van der Waals surface area contributed by atoms with Crippen LogP contribution in [0.4, 0.5) is 4.39 Å². The number of carboxylic acids is 1. The maximum absolute atomic E-state index is 13.4. The maximum Gasteiger partial charge on any atom is 0.330 e. The minimum absolute atomic E-state index is 0.0432. The summed E-state index contributed by atoms with van der Waals surface area (Å²) >= 11 is 0. The molecule has 0 aliphatic heterocycles. The Hall–Kier alpha value is -2.73. The third kappa shape index (κ3) is 5.12. The van der Waals surface area contributed by atoms with Gasteiger partial charge in [0.25, 0.3) is 0 Å². The molecule has 0 radical (unpaired) electrons. The highest BCUT2D eigenvalue weighted by molar-refractivity contribution is 5.85. The fourth-order valence-electron chi connectivity index (χ4n) is 2.53. The summed E-state index contributed by atoms with van der Waals surface area (Å²) in [6, 6.07) is 10.1. The third-order valence-electron chi connectivity index (χ3n) is 3.73. The van der Waals surface area contributed by atoms with Gasteiger partial charge in [-0.1, -0.05) is 36.4 Å². The largest absolute Gasteiger partial charge is 0.479 e. The number of carbonyl (C=O) groups excluding carboxylic acids is 1. The van der Waals surface area contributed by atoms with Crippen molar-refractivity contribution in [3.63, 3.8) is 0 Å². The molecule has 132 valence electrons. The number of ether oxygens (including phenoxy) is 1. The summed E-state index contributed by atoms with van der Waals surface area (Å²) in [5.41, 5.74) is 2.33. The SMILES string of the molecule is COCc1cccc(CC(=O)NC(C(=O)O)c2ccc(F)c(C)c2)c1. The molecule has 0 saturated carbocycles. The molecule has 0 heterocycles. The van der Waals surface area contributed by atoms with Gasteiger partial charge in [0.2, 0.25) is 5.91 Å². The molecule has 5 nitrogen and oxygen atoms in total. The zero-order chi connectivity index (χ0) is 18.4. The van der Waals surface area contributed by atoms with E-state index in [2.05, 4.69) is 5.32 Å². The maximum atomic E-state index is 13.4. The highest BCUT2D eigenvalue weighted by Gasteiger charge is 2.22. The minimum atomic E-state index is -1.23. The average molecular weight is 345 g/mol. The highest BCUT2D eigenvalue weighted by Crippen LogP contribution is 2.18. The van der Waals surface area contributed by atoms with E-state index in [-0.39, 0.29) is 6.42 Å². The number of halogens is 1. The van der Waals surface area contributed by atoms with E-state index in [1.165, 1.54) is 18.2 Å². The third-order valence-corrected chi connectivity index (χ3v) is 3.73. The number of hydrogen-bond donors (Lipinski definition) is 2. The molecule has 2 aromatic carbocycles. The number of aliphatic carboxylic acids is 1. The Morgan fingerprint density at radius 1 is 1.20 bits per heavy atom. The molecule has 0 aromatic heterocycles. The molecule has 2 N–H and O–H groups in total. The molecule has 0 saturated heterocycles. The lowest BCUT2D eigenvalue weighted by Gasteiger charge is -2.16. The van der Waals surface area contributed by atoms with Crippen LogP contribution in [-0.4, -0.2) is 24.1 Å². The number of rotatable bonds is 7. The monoisotopic (exact) mass is 345 g/mol.